The molecule has 2 saturated heterocycles. The molecule has 3 aliphatic rings. The van der Waals surface area contributed by atoms with Crippen LogP contribution in [0.1, 0.15) is 103 Å². The quantitative estimate of drug-likeness (QED) is 0.359. The number of hydrogen-bond donors (Lipinski definition) is 1. The van der Waals surface area contributed by atoms with Gasteiger partial charge in [-0.15, -0.1) is 0 Å². The molecule has 0 bridgehead atoms. The summed E-state index contributed by atoms with van der Waals surface area (Å²) in [6, 6.07) is 2.87. The predicted octanol–water partition coefficient (Wildman–Crippen LogP) is 9.60. The summed E-state index contributed by atoms with van der Waals surface area (Å²) in [5.41, 5.74) is -1.21. The predicted molar refractivity (Wildman–Crippen MR) is 153 cm³/mol. The molecule has 1 aromatic rings. The first kappa shape index (κ1) is 38.2. The van der Waals surface area contributed by atoms with E-state index in [0.717, 1.165) is 6.04 Å². The van der Waals surface area contributed by atoms with E-state index < -0.39 is 29.6 Å². The van der Waals surface area contributed by atoms with Crippen molar-refractivity contribution in [1.29, 1.82) is 0 Å². The first-order chi connectivity index (χ1) is 19.0. The minimum absolute atomic E-state index is 0.0892. The SMILES string of the molecule is C1=CCCC(C2CC(N3CCCC3)CN2)=C1.CC.CC.CC.COC(C)c1cc(C(F)(F)F)cc(C(F)(F)F)c1. The van der Waals surface area contributed by atoms with Gasteiger partial charge in [0.05, 0.1) is 17.2 Å². The molecule has 0 spiro atoms. The zero-order valence-electron chi connectivity index (χ0n) is 25.5. The van der Waals surface area contributed by atoms with Crippen molar-refractivity contribution in [2.45, 2.75) is 111 Å². The second kappa shape index (κ2) is 19.3. The number of halogens is 6. The van der Waals surface area contributed by atoms with Crippen LogP contribution >= 0.6 is 0 Å². The average molecular weight is 581 g/mol. The summed E-state index contributed by atoms with van der Waals surface area (Å²) in [5.74, 6) is 0. The molecule has 2 heterocycles. The molecule has 9 heteroatoms. The lowest BCUT2D eigenvalue weighted by atomic mass is 9.96. The number of alkyl halides is 6. The monoisotopic (exact) mass is 580 g/mol. The van der Waals surface area contributed by atoms with Crippen LogP contribution in [-0.2, 0) is 17.1 Å². The highest BCUT2D eigenvalue weighted by molar-refractivity contribution is 5.34. The van der Waals surface area contributed by atoms with Crippen LogP contribution in [0, 0.1) is 0 Å². The number of nitrogens with one attached hydrogen (secondary N) is 1. The zero-order chi connectivity index (χ0) is 30.9. The molecule has 3 unspecified atom stereocenters. The average Bonchev–Trinajstić information content (AvgIpc) is 3.68. The van der Waals surface area contributed by atoms with E-state index in [2.05, 4.69) is 28.4 Å². The van der Waals surface area contributed by atoms with Gasteiger partial charge < -0.3 is 10.1 Å². The Morgan fingerprint density at radius 1 is 0.875 bits per heavy atom. The fraction of sp³-hybridized carbons (Fsp3) is 0.677. The molecule has 232 valence electrons. The van der Waals surface area contributed by atoms with Crippen LogP contribution in [0.4, 0.5) is 26.3 Å². The number of allylic oxidation sites excluding steroid dienone is 3. The second-order valence-electron chi connectivity index (χ2n) is 9.02. The zero-order valence-corrected chi connectivity index (χ0v) is 25.5. The molecule has 3 nitrogen and oxygen atoms in total. The molecule has 0 amide bonds. The van der Waals surface area contributed by atoms with Crippen molar-refractivity contribution in [2.24, 2.45) is 0 Å². The lowest BCUT2D eigenvalue weighted by Gasteiger charge is -2.23. The summed E-state index contributed by atoms with van der Waals surface area (Å²) in [6.45, 7) is 17.2. The molecule has 0 saturated carbocycles. The van der Waals surface area contributed by atoms with Gasteiger partial charge in [-0.25, -0.2) is 0 Å². The third-order valence-corrected chi connectivity index (χ3v) is 6.69. The number of ether oxygens (including phenoxy) is 1. The highest BCUT2D eigenvalue weighted by Gasteiger charge is 2.37. The Bertz CT molecular complexity index is 841. The first-order valence-corrected chi connectivity index (χ1v) is 14.6. The first-order valence-electron chi connectivity index (χ1n) is 14.6. The van der Waals surface area contributed by atoms with E-state index in [1.54, 1.807) is 5.57 Å². The van der Waals surface area contributed by atoms with Crippen LogP contribution in [0.3, 0.4) is 0 Å². The van der Waals surface area contributed by atoms with E-state index in [-0.39, 0.29) is 11.6 Å². The van der Waals surface area contributed by atoms with Gasteiger partial charge in [0.15, 0.2) is 0 Å². The van der Waals surface area contributed by atoms with Crippen molar-refractivity contribution < 1.29 is 31.1 Å². The molecule has 1 aromatic carbocycles. The maximum atomic E-state index is 12.5. The van der Waals surface area contributed by atoms with Crippen molar-refractivity contribution in [2.75, 3.05) is 26.7 Å². The van der Waals surface area contributed by atoms with E-state index >= 15 is 0 Å². The minimum atomic E-state index is -4.83. The van der Waals surface area contributed by atoms with Crippen LogP contribution in [0.2, 0.25) is 0 Å². The Kier molecular flexibility index (Phi) is 18.4. The molecule has 40 heavy (non-hydrogen) atoms. The molecule has 1 aliphatic carbocycles. The van der Waals surface area contributed by atoms with E-state index in [4.69, 9.17) is 4.74 Å². The second-order valence-corrected chi connectivity index (χ2v) is 9.02. The lowest BCUT2D eigenvalue weighted by Crippen LogP contribution is -2.34. The van der Waals surface area contributed by atoms with E-state index in [9.17, 15) is 26.3 Å². The molecular weight excluding hydrogens is 530 g/mol. The van der Waals surface area contributed by atoms with Gasteiger partial charge in [-0.1, -0.05) is 65.3 Å². The molecule has 2 fully saturated rings. The van der Waals surface area contributed by atoms with Gasteiger partial charge in [0.25, 0.3) is 0 Å². The van der Waals surface area contributed by atoms with E-state index in [1.807, 2.05) is 41.5 Å². The summed E-state index contributed by atoms with van der Waals surface area (Å²) in [4.78, 5) is 2.69. The summed E-state index contributed by atoms with van der Waals surface area (Å²) in [5, 5.41) is 3.71. The Morgan fingerprint density at radius 2 is 1.40 bits per heavy atom. The van der Waals surface area contributed by atoms with Crippen molar-refractivity contribution in [3.63, 3.8) is 0 Å². The number of benzene rings is 1. The maximum Gasteiger partial charge on any atom is 0.416 e. The Balaban J connectivity index is 0.000000642. The molecule has 0 radical (unpaired) electrons. The van der Waals surface area contributed by atoms with Crippen molar-refractivity contribution in [3.05, 3.63) is 58.7 Å². The van der Waals surface area contributed by atoms with Gasteiger partial charge >= 0.3 is 12.4 Å². The molecule has 3 atom stereocenters. The standard InChI is InChI=1S/C14H22N2.C11H10F6O.3C2H6/c1-2-6-12(7-3-1)14-10-13(11-15-14)16-8-4-5-9-16;1-6(18-2)7-3-8(10(12,13)14)5-9(4-7)11(15,16)17;3*1-2/h1-2,6,13-15H,3-5,7-11H2;3-6H,1-2H3;3*1-2H3. The Labute approximate surface area is 238 Å². The fourth-order valence-electron chi connectivity index (χ4n) is 4.65. The number of nitrogens with zero attached hydrogens (tertiary/aromatic N) is 1. The molecule has 4 rings (SSSR count). The maximum absolute atomic E-state index is 12.5. The fourth-order valence-corrected chi connectivity index (χ4v) is 4.65. The van der Waals surface area contributed by atoms with Gasteiger partial charge in [-0.05, 0) is 75.9 Å². The highest BCUT2D eigenvalue weighted by atomic mass is 19.4. The lowest BCUT2D eigenvalue weighted by molar-refractivity contribution is -0.143. The van der Waals surface area contributed by atoms with Crippen LogP contribution in [0.15, 0.2) is 42.0 Å². The summed E-state index contributed by atoms with van der Waals surface area (Å²) < 4.78 is 79.7. The number of methoxy groups -OCH3 is 1. The Morgan fingerprint density at radius 3 is 1.82 bits per heavy atom. The smallest absolute Gasteiger partial charge is 0.377 e. The van der Waals surface area contributed by atoms with E-state index in [1.165, 1.54) is 65.8 Å². The molecule has 1 N–H and O–H groups in total. The van der Waals surface area contributed by atoms with Gasteiger partial charge in [0.2, 0.25) is 0 Å². The van der Waals surface area contributed by atoms with Gasteiger partial charge in [-0.3, -0.25) is 4.90 Å². The highest BCUT2D eigenvalue weighted by Crippen LogP contribution is 2.37. The van der Waals surface area contributed by atoms with Gasteiger partial charge in [0, 0.05) is 25.7 Å². The summed E-state index contributed by atoms with van der Waals surface area (Å²) in [7, 11) is 1.21. The van der Waals surface area contributed by atoms with Gasteiger partial charge in [-0.2, -0.15) is 26.3 Å². The van der Waals surface area contributed by atoms with Crippen molar-refractivity contribution in [3.8, 4) is 0 Å². The van der Waals surface area contributed by atoms with Crippen LogP contribution < -0.4 is 5.32 Å². The van der Waals surface area contributed by atoms with E-state index in [0.29, 0.717) is 18.2 Å². The molecular formula is C31H50F6N2O. The topological polar surface area (TPSA) is 24.5 Å². The normalized spacial score (nSPS) is 21.3. The minimum Gasteiger partial charge on any atom is -0.377 e. The van der Waals surface area contributed by atoms with Crippen LogP contribution in [0.25, 0.3) is 0 Å². The van der Waals surface area contributed by atoms with Gasteiger partial charge in [0.1, 0.15) is 0 Å². The molecule has 2 aliphatic heterocycles. The number of rotatable bonds is 4. The summed E-state index contributed by atoms with van der Waals surface area (Å²) in [6.07, 6.45) is 2.96. The van der Waals surface area contributed by atoms with Crippen molar-refractivity contribution in [1.82, 2.24) is 10.2 Å². The van der Waals surface area contributed by atoms with Crippen molar-refractivity contribution >= 4 is 0 Å². The number of likely N-dealkylation sites (tertiary alicyclic amines) is 1. The third-order valence-electron chi connectivity index (χ3n) is 6.69. The van der Waals surface area contributed by atoms with Crippen LogP contribution in [0.5, 0.6) is 0 Å². The third kappa shape index (κ3) is 12.4. The van der Waals surface area contributed by atoms with Crippen LogP contribution in [-0.4, -0.2) is 43.7 Å². The summed E-state index contributed by atoms with van der Waals surface area (Å²) >= 11 is 0. The Hall–Kier alpha value is -1.84. The molecule has 0 aromatic heterocycles. The number of hydrogen-bond acceptors (Lipinski definition) is 3. The largest absolute Gasteiger partial charge is 0.416 e.